The molecule has 1 rings (SSSR count). The van der Waals surface area contributed by atoms with Gasteiger partial charge in [0.2, 0.25) is 11.5 Å². The molecular weight excluding hydrogens is 168 g/mol. The van der Waals surface area contributed by atoms with Gasteiger partial charge < -0.3 is 13.9 Å². The Morgan fingerprint density at radius 1 is 0.923 bits per heavy atom. The van der Waals surface area contributed by atoms with Crippen LogP contribution in [0, 0.1) is 0 Å². The monoisotopic (exact) mass is 184 g/mol. The van der Waals surface area contributed by atoms with Crippen LogP contribution in [0.15, 0.2) is 4.42 Å². The summed E-state index contributed by atoms with van der Waals surface area (Å²) in [6, 6.07) is 0. The summed E-state index contributed by atoms with van der Waals surface area (Å²) in [5.41, 5.74) is 0. The maximum absolute atomic E-state index is 5.58. The standard InChI is InChI=1S/C10H16O3/c1-5-7-9(11-3)10(12-4)8(6-2)13-7/h5-6H2,1-4H3. The molecule has 3 heteroatoms. The maximum atomic E-state index is 5.58. The van der Waals surface area contributed by atoms with Crippen molar-refractivity contribution in [3.63, 3.8) is 0 Å². The summed E-state index contributed by atoms with van der Waals surface area (Å²) in [6.07, 6.45) is 1.64. The van der Waals surface area contributed by atoms with E-state index >= 15 is 0 Å². The van der Waals surface area contributed by atoms with E-state index < -0.39 is 0 Å². The van der Waals surface area contributed by atoms with Crippen LogP contribution in [0.1, 0.15) is 25.4 Å². The van der Waals surface area contributed by atoms with E-state index in [1.807, 2.05) is 13.8 Å². The Hall–Kier alpha value is -1.12. The van der Waals surface area contributed by atoms with Gasteiger partial charge in [-0.2, -0.15) is 0 Å². The fourth-order valence-corrected chi connectivity index (χ4v) is 1.37. The van der Waals surface area contributed by atoms with E-state index in [9.17, 15) is 0 Å². The average Bonchev–Trinajstić information content (AvgIpc) is 2.54. The number of rotatable bonds is 4. The predicted octanol–water partition coefficient (Wildman–Crippen LogP) is 2.42. The quantitative estimate of drug-likeness (QED) is 0.720. The Morgan fingerprint density at radius 2 is 1.31 bits per heavy atom. The highest BCUT2D eigenvalue weighted by molar-refractivity contribution is 5.46. The Kier molecular flexibility index (Phi) is 3.23. The molecule has 3 nitrogen and oxygen atoms in total. The number of ether oxygens (including phenoxy) is 2. The number of furan rings is 1. The van der Waals surface area contributed by atoms with Crippen molar-refractivity contribution in [1.29, 1.82) is 0 Å². The van der Waals surface area contributed by atoms with Gasteiger partial charge in [0.1, 0.15) is 11.5 Å². The molecule has 1 aromatic heterocycles. The molecule has 0 saturated heterocycles. The highest BCUT2D eigenvalue weighted by Gasteiger charge is 2.19. The summed E-state index contributed by atoms with van der Waals surface area (Å²) < 4.78 is 16.0. The Bertz CT molecular complexity index is 249. The van der Waals surface area contributed by atoms with E-state index in [0.29, 0.717) is 0 Å². The first kappa shape index (κ1) is 9.96. The van der Waals surface area contributed by atoms with Crippen molar-refractivity contribution in [3.05, 3.63) is 11.5 Å². The van der Waals surface area contributed by atoms with E-state index in [0.717, 1.165) is 35.9 Å². The Balaban J connectivity index is 3.17. The molecule has 0 unspecified atom stereocenters. The molecular formula is C10H16O3. The molecule has 13 heavy (non-hydrogen) atoms. The van der Waals surface area contributed by atoms with Crippen molar-refractivity contribution < 1.29 is 13.9 Å². The van der Waals surface area contributed by atoms with Crippen LogP contribution >= 0.6 is 0 Å². The van der Waals surface area contributed by atoms with Gasteiger partial charge in [0, 0.05) is 12.8 Å². The summed E-state index contributed by atoms with van der Waals surface area (Å²) in [4.78, 5) is 0. The molecule has 0 amide bonds. The molecule has 74 valence electrons. The zero-order chi connectivity index (χ0) is 9.84. The molecule has 0 aliphatic rings. The molecule has 0 atom stereocenters. The Labute approximate surface area is 78.6 Å². The molecule has 0 radical (unpaired) electrons. The molecule has 0 aromatic carbocycles. The lowest BCUT2D eigenvalue weighted by Crippen LogP contribution is -1.90. The van der Waals surface area contributed by atoms with Gasteiger partial charge in [0.05, 0.1) is 14.2 Å². The summed E-state index contributed by atoms with van der Waals surface area (Å²) >= 11 is 0. The second kappa shape index (κ2) is 4.21. The van der Waals surface area contributed by atoms with E-state index in [2.05, 4.69) is 0 Å². The normalized spacial score (nSPS) is 10.2. The minimum absolute atomic E-state index is 0.738. The highest BCUT2D eigenvalue weighted by atomic mass is 16.5. The average molecular weight is 184 g/mol. The lowest BCUT2D eigenvalue weighted by molar-refractivity contribution is 0.353. The molecule has 0 fully saturated rings. The zero-order valence-corrected chi connectivity index (χ0v) is 8.64. The summed E-state index contributed by atoms with van der Waals surface area (Å²) in [7, 11) is 3.26. The zero-order valence-electron chi connectivity index (χ0n) is 8.64. The van der Waals surface area contributed by atoms with E-state index in [-0.39, 0.29) is 0 Å². The molecule has 1 heterocycles. The first-order chi connectivity index (χ1) is 6.28. The lowest BCUT2D eigenvalue weighted by atomic mass is 10.3. The Morgan fingerprint density at radius 3 is 1.54 bits per heavy atom. The maximum Gasteiger partial charge on any atom is 0.203 e. The van der Waals surface area contributed by atoms with E-state index in [4.69, 9.17) is 13.9 Å². The van der Waals surface area contributed by atoms with Crippen molar-refractivity contribution in [2.24, 2.45) is 0 Å². The molecule has 0 N–H and O–H groups in total. The topological polar surface area (TPSA) is 31.6 Å². The molecule has 0 saturated carbocycles. The van der Waals surface area contributed by atoms with Gasteiger partial charge in [-0.1, -0.05) is 13.8 Å². The van der Waals surface area contributed by atoms with E-state index in [1.54, 1.807) is 14.2 Å². The van der Waals surface area contributed by atoms with Crippen LogP contribution in [0.25, 0.3) is 0 Å². The first-order valence-electron chi connectivity index (χ1n) is 4.50. The number of hydrogen-bond donors (Lipinski definition) is 0. The highest BCUT2D eigenvalue weighted by Crippen LogP contribution is 2.38. The number of methoxy groups -OCH3 is 2. The number of aryl methyl sites for hydroxylation is 2. The fourth-order valence-electron chi connectivity index (χ4n) is 1.37. The molecule has 0 aliphatic heterocycles. The van der Waals surface area contributed by atoms with Crippen molar-refractivity contribution in [3.8, 4) is 11.5 Å². The summed E-state index contributed by atoms with van der Waals surface area (Å²) in [5.74, 6) is 3.19. The van der Waals surface area contributed by atoms with Crippen LogP contribution < -0.4 is 9.47 Å². The summed E-state index contributed by atoms with van der Waals surface area (Å²) in [6.45, 7) is 4.06. The minimum atomic E-state index is 0.738. The second-order valence-corrected chi connectivity index (χ2v) is 2.72. The predicted molar refractivity (Wildman–Crippen MR) is 50.6 cm³/mol. The van der Waals surface area contributed by atoms with Crippen molar-refractivity contribution in [2.75, 3.05) is 14.2 Å². The van der Waals surface area contributed by atoms with Gasteiger partial charge in [-0.05, 0) is 0 Å². The second-order valence-electron chi connectivity index (χ2n) is 2.72. The molecule has 1 aromatic rings. The van der Waals surface area contributed by atoms with E-state index in [1.165, 1.54) is 0 Å². The van der Waals surface area contributed by atoms with Gasteiger partial charge in [-0.3, -0.25) is 0 Å². The van der Waals surface area contributed by atoms with Crippen LogP contribution in [0.3, 0.4) is 0 Å². The molecule has 0 bridgehead atoms. The van der Waals surface area contributed by atoms with Gasteiger partial charge in [0.15, 0.2) is 0 Å². The third-order valence-electron chi connectivity index (χ3n) is 2.01. The van der Waals surface area contributed by atoms with Gasteiger partial charge in [-0.15, -0.1) is 0 Å². The fraction of sp³-hybridized carbons (Fsp3) is 0.600. The first-order valence-corrected chi connectivity index (χ1v) is 4.50. The van der Waals surface area contributed by atoms with Gasteiger partial charge in [0.25, 0.3) is 0 Å². The molecule has 0 spiro atoms. The SMILES string of the molecule is CCc1oc(CC)c(OC)c1OC. The van der Waals surface area contributed by atoms with Crippen LogP contribution in [-0.2, 0) is 12.8 Å². The third-order valence-corrected chi connectivity index (χ3v) is 2.01. The van der Waals surface area contributed by atoms with Crippen LogP contribution in [0.4, 0.5) is 0 Å². The summed E-state index contributed by atoms with van der Waals surface area (Å²) in [5, 5.41) is 0. The van der Waals surface area contributed by atoms with Crippen molar-refractivity contribution in [2.45, 2.75) is 26.7 Å². The van der Waals surface area contributed by atoms with Crippen LogP contribution in [-0.4, -0.2) is 14.2 Å². The number of hydrogen-bond acceptors (Lipinski definition) is 3. The van der Waals surface area contributed by atoms with Crippen molar-refractivity contribution in [1.82, 2.24) is 0 Å². The van der Waals surface area contributed by atoms with Gasteiger partial charge in [-0.25, -0.2) is 0 Å². The van der Waals surface area contributed by atoms with Gasteiger partial charge >= 0.3 is 0 Å². The van der Waals surface area contributed by atoms with Crippen molar-refractivity contribution >= 4 is 0 Å². The van der Waals surface area contributed by atoms with Crippen LogP contribution in [0.5, 0.6) is 11.5 Å². The molecule has 0 aliphatic carbocycles. The van der Waals surface area contributed by atoms with Crippen LogP contribution in [0.2, 0.25) is 0 Å². The minimum Gasteiger partial charge on any atom is -0.490 e. The lowest BCUT2D eigenvalue weighted by Gasteiger charge is -2.01. The largest absolute Gasteiger partial charge is 0.490 e. The third kappa shape index (κ3) is 1.64. The smallest absolute Gasteiger partial charge is 0.203 e.